The zero-order valence-electron chi connectivity index (χ0n) is 11.0. The second-order valence-corrected chi connectivity index (χ2v) is 5.07. The molecule has 0 radical (unpaired) electrons. The topological polar surface area (TPSA) is 57.5 Å². The first-order valence-electron chi connectivity index (χ1n) is 6.29. The fourth-order valence-corrected chi connectivity index (χ4v) is 2.09. The lowest BCUT2D eigenvalue weighted by Crippen LogP contribution is -2.39. The van der Waals surface area contributed by atoms with Crippen molar-refractivity contribution in [1.82, 2.24) is 0 Å². The van der Waals surface area contributed by atoms with Gasteiger partial charge in [0.15, 0.2) is 0 Å². The molecule has 0 amide bonds. The standard InChI is InChI=1S/C13H26O3/c1-5-8-9-13(7-3,11(14)15)10-12(4,16)6-2/h16H,5-10H2,1-4H3,(H,14,15). The molecule has 0 aliphatic carbocycles. The van der Waals surface area contributed by atoms with Crippen LogP contribution in [0.2, 0.25) is 0 Å². The van der Waals surface area contributed by atoms with E-state index in [0.29, 0.717) is 25.7 Å². The van der Waals surface area contributed by atoms with E-state index < -0.39 is 17.0 Å². The molecule has 0 aromatic heterocycles. The van der Waals surface area contributed by atoms with Crippen molar-refractivity contribution in [1.29, 1.82) is 0 Å². The second-order valence-electron chi connectivity index (χ2n) is 5.07. The molecule has 3 nitrogen and oxygen atoms in total. The van der Waals surface area contributed by atoms with Gasteiger partial charge in [-0.2, -0.15) is 0 Å². The molecule has 0 saturated carbocycles. The Labute approximate surface area is 98.9 Å². The second kappa shape index (κ2) is 6.24. The van der Waals surface area contributed by atoms with Gasteiger partial charge in [-0.1, -0.05) is 33.6 Å². The van der Waals surface area contributed by atoms with Crippen LogP contribution in [0, 0.1) is 5.41 Å². The molecule has 3 heteroatoms. The summed E-state index contributed by atoms with van der Waals surface area (Å²) in [7, 11) is 0. The third-order valence-electron chi connectivity index (χ3n) is 3.62. The maximum atomic E-state index is 11.4. The predicted octanol–water partition coefficient (Wildman–Crippen LogP) is 3.21. The molecule has 0 saturated heterocycles. The highest BCUT2D eigenvalue weighted by Gasteiger charge is 2.41. The molecule has 2 atom stereocenters. The van der Waals surface area contributed by atoms with Crippen molar-refractivity contribution in [2.75, 3.05) is 0 Å². The van der Waals surface area contributed by atoms with Crippen LogP contribution >= 0.6 is 0 Å². The lowest BCUT2D eigenvalue weighted by atomic mass is 9.72. The minimum atomic E-state index is -0.873. The molecule has 0 rings (SSSR count). The average molecular weight is 230 g/mol. The molecule has 0 aliphatic heterocycles. The Balaban J connectivity index is 4.83. The summed E-state index contributed by atoms with van der Waals surface area (Å²) in [5.41, 5.74) is -1.63. The van der Waals surface area contributed by atoms with Gasteiger partial charge in [0.25, 0.3) is 0 Å². The van der Waals surface area contributed by atoms with E-state index in [2.05, 4.69) is 6.92 Å². The normalized spacial score (nSPS) is 18.8. The Hall–Kier alpha value is -0.570. The average Bonchev–Trinajstić information content (AvgIpc) is 2.24. The van der Waals surface area contributed by atoms with Gasteiger partial charge in [0.1, 0.15) is 0 Å². The van der Waals surface area contributed by atoms with Crippen LogP contribution in [0.25, 0.3) is 0 Å². The summed E-state index contributed by atoms with van der Waals surface area (Å²) in [6.07, 6.45) is 4.07. The van der Waals surface area contributed by atoms with E-state index in [0.717, 1.165) is 12.8 Å². The van der Waals surface area contributed by atoms with Crippen molar-refractivity contribution in [2.24, 2.45) is 5.41 Å². The molecular formula is C13H26O3. The van der Waals surface area contributed by atoms with Gasteiger partial charge >= 0.3 is 5.97 Å². The van der Waals surface area contributed by atoms with Gasteiger partial charge in [0.05, 0.1) is 11.0 Å². The Bertz CT molecular complexity index is 223. The number of carboxylic acids is 1. The van der Waals surface area contributed by atoms with E-state index in [9.17, 15) is 15.0 Å². The van der Waals surface area contributed by atoms with E-state index in [1.807, 2.05) is 13.8 Å². The molecule has 0 aromatic rings. The quantitative estimate of drug-likeness (QED) is 0.673. The summed E-state index contributed by atoms with van der Waals surface area (Å²) in [5, 5.41) is 19.5. The summed E-state index contributed by atoms with van der Waals surface area (Å²) in [4.78, 5) is 11.4. The maximum Gasteiger partial charge on any atom is 0.309 e. The number of rotatable bonds is 8. The number of carboxylic acid groups (broad SMARTS) is 1. The van der Waals surface area contributed by atoms with Crippen molar-refractivity contribution in [3.05, 3.63) is 0 Å². The summed E-state index contributed by atoms with van der Waals surface area (Å²) in [6.45, 7) is 7.57. The molecule has 0 bridgehead atoms. The SMILES string of the molecule is CCCCC(CC)(CC(C)(O)CC)C(=O)O. The lowest BCUT2D eigenvalue weighted by Gasteiger charge is -2.35. The minimum Gasteiger partial charge on any atom is -0.481 e. The van der Waals surface area contributed by atoms with E-state index in [4.69, 9.17) is 0 Å². The highest BCUT2D eigenvalue weighted by Crippen LogP contribution is 2.38. The van der Waals surface area contributed by atoms with Crippen LogP contribution in [-0.2, 0) is 4.79 Å². The Morgan fingerprint density at radius 1 is 1.19 bits per heavy atom. The minimum absolute atomic E-state index is 0.350. The van der Waals surface area contributed by atoms with Gasteiger partial charge in [0.2, 0.25) is 0 Å². The molecule has 0 aliphatic rings. The van der Waals surface area contributed by atoms with Gasteiger partial charge in [-0.3, -0.25) is 4.79 Å². The van der Waals surface area contributed by atoms with Gasteiger partial charge in [0, 0.05) is 0 Å². The summed E-state index contributed by atoms with van der Waals surface area (Å²) in [6, 6.07) is 0. The Morgan fingerprint density at radius 3 is 2.06 bits per heavy atom. The van der Waals surface area contributed by atoms with Crippen LogP contribution in [-0.4, -0.2) is 21.8 Å². The first-order chi connectivity index (χ1) is 7.33. The zero-order valence-corrected chi connectivity index (χ0v) is 11.0. The van der Waals surface area contributed by atoms with Gasteiger partial charge in [-0.25, -0.2) is 0 Å². The first kappa shape index (κ1) is 15.4. The first-order valence-corrected chi connectivity index (χ1v) is 6.29. The fourth-order valence-electron chi connectivity index (χ4n) is 2.09. The van der Waals surface area contributed by atoms with Gasteiger partial charge in [-0.05, 0) is 32.6 Å². The molecule has 96 valence electrons. The molecule has 0 aromatic carbocycles. The summed E-state index contributed by atoms with van der Waals surface area (Å²) in [5.74, 6) is -0.767. The largest absolute Gasteiger partial charge is 0.481 e. The van der Waals surface area contributed by atoms with E-state index >= 15 is 0 Å². The molecule has 0 fully saturated rings. The Kier molecular flexibility index (Phi) is 6.01. The lowest BCUT2D eigenvalue weighted by molar-refractivity contribution is -0.154. The van der Waals surface area contributed by atoms with Crippen LogP contribution in [0.3, 0.4) is 0 Å². The van der Waals surface area contributed by atoms with E-state index in [1.54, 1.807) is 6.92 Å². The highest BCUT2D eigenvalue weighted by atomic mass is 16.4. The number of aliphatic hydroxyl groups is 1. The zero-order chi connectivity index (χ0) is 12.8. The smallest absolute Gasteiger partial charge is 0.309 e. The third kappa shape index (κ3) is 4.12. The van der Waals surface area contributed by atoms with Crippen molar-refractivity contribution in [2.45, 2.75) is 71.8 Å². The summed E-state index contributed by atoms with van der Waals surface area (Å²) < 4.78 is 0. The van der Waals surface area contributed by atoms with Crippen LogP contribution in [0.5, 0.6) is 0 Å². The number of hydrogen-bond acceptors (Lipinski definition) is 2. The monoisotopic (exact) mass is 230 g/mol. The van der Waals surface area contributed by atoms with E-state index in [1.165, 1.54) is 0 Å². The van der Waals surface area contributed by atoms with Crippen molar-refractivity contribution in [3.63, 3.8) is 0 Å². The van der Waals surface area contributed by atoms with Crippen LogP contribution in [0.1, 0.15) is 66.2 Å². The molecule has 0 heterocycles. The number of aliphatic carboxylic acids is 1. The van der Waals surface area contributed by atoms with Crippen LogP contribution in [0.4, 0.5) is 0 Å². The highest BCUT2D eigenvalue weighted by molar-refractivity contribution is 5.74. The van der Waals surface area contributed by atoms with Crippen molar-refractivity contribution in [3.8, 4) is 0 Å². The molecule has 0 spiro atoms. The van der Waals surface area contributed by atoms with E-state index in [-0.39, 0.29) is 0 Å². The van der Waals surface area contributed by atoms with Crippen LogP contribution < -0.4 is 0 Å². The Morgan fingerprint density at radius 2 is 1.75 bits per heavy atom. The molecule has 16 heavy (non-hydrogen) atoms. The van der Waals surface area contributed by atoms with Crippen molar-refractivity contribution < 1.29 is 15.0 Å². The molecule has 2 unspecified atom stereocenters. The summed E-state index contributed by atoms with van der Waals surface area (Å²) >= 11 is 0. The predicted molar refractivity (Wildman–Crippen MR) is 65.4 cm³/mol. The van der Waals surface area contributed by atoms with Crippen LogP contribution in [0.15, 0.2) is 0 Å². The molecular weight excluding hydrogens is 204 g/mol. The number of carbonyl (C=O) groups is 1. The maximum absolute atomic E-state index is 11.4. The van der Waals surface area contributed by atoms with Crippen molar-refractivity contribution >= 4 is 5.97 Å². The number of hydrogen-bond donors (Lipinski definition) is 2. The van der Waals surface area contributed by atoms with Gasteiger partial charge in [-0.15, -0.1) is 0 Å². The fraction of sp³-hybridized carbons (Fsp3) is 0.923. The number of unbranched alkanes of at least 4 members (excludes halogenated alkanes) is 1. The van der Waals surface area contributed by atoms with Gasteiger partial charge < -0.3 is 10.2 Å². The molecule has 2 N–H and O–H groups in total. The third-order valence-corrected chi connectivity index (χ3v) is 3.62.